The fraction of sp³-hybridized carbons (Fsp3) is 0.318. The van der Waals surface area contributed by atoms with E-state index in [4.69, 9.17) is 13.9 Å². The molecule has 0 saturated carbocycles. The molecule has 0 aliphatic carbocycles. The van der Waals surface area contributed by atoms with Crippen molar-refractivity contribution in [3.05, 3.63) is 54.6 Å². The number of nitrogens with one attached hydrogen (secondary N) is 1. The highest BCUT2D eigenvalue weighted by atomic mass is 16.5. The number of hydrogen-bond donors (Lipinski definition) is 1. The standard InChI is InChI=1S/C22H25N3O4/c1-16(2)27-14-8-13-23-20(26)15-28-19-12-7-6-11-18(19)22-25-24-21(29-22)17-9-4-3-5-10-17/h3-7,9-12,16H,8,13-15H2,1-2H3,(H,23,26). The smallest absolute Gasteiger partial charge is 0.257 e. The predicted molar refractivity (Wildman–Crippen MR) is 109 cm³/mol. The normalized spacial score (nSPS) is 10.9. The van der Waals surface area contributed by atoms with Gasteiger partial charge in [0.25, 0.3) is 11.8 Å². The minimum Gasteiger partial charge on any atom is -0.483 e. The number of carbonyl (C=O) groups excluding carboxylic acids is 1. The number of carbonyl (C=O) groups is 1. The zero-order valence-electron chi connectivity index (χ0n) is 16.6. The number of benzene rings is 2. The topological polar surface area (TPSA) is 86.5 Å². The van der Waals surface area contributed by atoms with Crippen molar-refractivity contribution in [1.82, 2.24) is 15.5 Å². The highest BCUT2D eigenvalue weighted by Crippen LogP contribution is 2.30. The molecule has 0 fully saturated rings. The molecule has 2 aromatic carbocycles. The third kappa shape index (κ3) is 6.15. The molecule has 0 spiro atoms. The molecule has 0 saturated heterocycles. The minimum atomic E-state index is -0.195. The van der Waals surface area contributed by atoms with Crippen molar-refractivity contribution in [3.63, 3.8) is 0 Å². The molecule has 7 nitrogen and oxygen atoms in total. The predicted octanol–water partition coefficient (Wildman–Crippen LogP) is 3.71. The molecular formula is C22H25N3O4. The van der Waals surface area contributed by atoms with E-state index in [0.29, 0.717) is 36.2 Å². The van der Waals surface area contributed by atoms with Gasteiger partial charge >= 0.3 is 0 Å². The molecule has 1 amide bonds. The summed E-state index contributed by atoms with van der Waals surface area (Å²) in [6.45, 7) is 5.02. The zero-order chi connectivity index (χ0) is 20.5. The second-order valence-corrected chi connectivity index (χ2v) is 6.69. The Morgan fingerprint density at radius 1 is 1.03 bits per heavy atom. The molecule has 0 aliphatic heterocycles. The molecule has 0 aliphatic rings. The van der Waals surface area contributed by atoms with Crippen LogP contribution in [0.4, 0.5) is 0 Å². The van der Waals surface area contributed by atoms with E-state index >= 15 is 0 Å². The van der Waals surface area contributed by atoms with Gasteiger partial charge in [0.1, 0.15) is 5.75 Å². The lowest BCUT2D eigenvalue weighted by Gasteiger charge is -2.10. The van der Waals surface area contributed by atoms with Crippen LogP contribution in [0.15, 0.2) is 59.0 Å². The molecule has 3 aromatic rings. The van der Waals surface area contributed by atoms with Crippen LogP contribution in [0, 0.1) is 0 Å². The van der Waals surface area contributed by atoms with E-state index in [1.807, 2.05) is 62.4 Å². The average molecular weight is 395 g/mol. The molecule has 0 unspecified atom stereocenters. The van der Waals surface area contributed by atoms with Crippen molar-refractivity contribution in [2.75, 3.05) is 19.8 Å². The molecule has 1 heterocycles. The van der Waals surface area contributed by atoms with E-state index in [2.05, 4.69) is 15.5 Å². The van der Waals surface area contributed by atoms with Gasteiger partial charge < -0.3 is 19.2 Å². The van der Waals surface area contributed by atoms with Gasteiger partial charge in [-0.25, -0.2) is 0 Å². The van der Waals surface area contributed by atoms with Crippen molar-refractivity contribution in [1.29, 1.82) is 0 Å². The fourth-order valence-corrected chi connectivity index (χ4v) is 2.61. The largest absolute Gasteiger partial charge is 0.483 e. The van der Waals surface area contributed by atoms with E-state index in [0.717, 1.165) is 12.0 Å². The lowest BCUT2D eigenvalue weighted by atomic mass is 10.2. The average Bonchev–Trinajstić information content (AvgIpc) is 3.23. The Morgan fingerprint density at radius 2 is 1.76 bits per heavy atom. The Hall–Kier alpha value is -3.19. The number of nitrogens with zero attached hydrogens (tertiary/aromatic N) is 2. The maximum absolute atomic E-state index is 12.0. The molecule has 1 aromatic heterocycles. The van der Waals surface area contributed by atoms with Gasteiger partial charge in [-0.1, -0.05) is 30.3 Å². The van der Waals surface area contributed by atoms with Crippen LogP contribution in [0.2, 0.25) is 0 Å². The highest BCUT2D eigenvalue weighted by Gasteiger charge is 2.15. The van der Waals surface area contributed by atoms with E-state index in [1.54, 1.807) is 6.07 Å². The number of ether oxygens (including phenoxy) is 2. The number of rotatable bonds is 10. The third-order valence-electron chi connectivity index (χ3n) is 4.02. The van der Waals surface area contributed by atoms with Gasteiger partial charge in [-0.2, -0.15) is 0 Å². The van der Waals surface area contributed by atoms with E-state index < -0.39 is 0 Å². The molecule has 3 rings (SSSR count). The molecule has 0 bridgehead atoms. The van der Waals surface area contributed by atoms with Gasteiger partial charge in [-0.05, 0) is 44.5 Å². The SMILES string of the molecule is CC(C)OCCCNC(=O)COc1ccccc1-c1nnc(-c2ccccc2)o1. The maximum Gasteiger partial charge on any atom is 0.257 e. The van der Waals surface area contributed by atoms with Crippen LogP contribution in [-0.2, 0) is 9.53 Å². The summed E-state index contributed by atoms with van der Waals surface area (Å²) in [5.41, 5.74) is 1.48. The molecule has 7 heteroatoms. The van der Waals surface area contributed by atoms with Crippen LogP contribution < -0.4 is 10.1 Å². The quantitative estimate of drug-likeness (QED) is 0.527. The van der Waals surface area contributed by atoms with Crippen molar-refractivity contribution in [2.45, 2.75) is 26.4 Å². The van der Waals surface area contributed by atoms with Crippen molar-refractivity contribution < 1.29 is 18.7 Å². The number of aromatic nitrogens is 2. The first-order valence-electron chi connectivity index (χ1n) is 9.63. The zero-order valence-corrected chi connectivity index (χ0v) is 16.6. The summed E-state index contributed by atoms with van der Waals surface area (Å²) in [7, 11) is 0. The monoisotopic (exact) mass is 395 g/mol. The Balaban J connectivity index is 1.57. The van der Waals surface area contributed by atoms with Gasteiger partial charge in [0, 0.05) is 18.7 Å². The first-order chi connectivity index (χ1) is 14.1. The molecular weight excluding hydrogens is 370 g/mol. The molecule has 1 N–H and O–H groups in total. The molecule has 29 heavy (non-hydrogen) atoms. The van der Waals surface area contributed by atoms with E-state index in [1.165, 1.54) is 0 Å². The molecule has 152 valence electrons. The Labute approximate surface area is 170 Å². The Morgan fingerprint density at radius 3 is 2.55 bits per heavy atom. The number of para-hydroxylation sites is 1. The van der Waals surface area contributed by atoms with Crippen molar-refractivity contribution in [2.24, 2.45) is 0 Å². The maximum atomic E-state index is 12.0. The van der Waals surface area contributed by atoms with Gasteiger partial charge in [0.2, 0.25) is 5.89 Å². The van der Waals surface area contributed by atoms with Gasteiger partial charge in [-0.3, -0.25) is 4.79 Å². The van der Waals surface area contributed by atoms with E-state index in [-0.39, 0.29) is 18.6 Å². The minimum absolute atomic E-state index is 0.0955. The van der Waals surface area contributed by atoms with Crippen LogP contribution in [0.1, 0.15) is 20.3 Å². The van der Waals surface area contributed by atoms with E-state index in [9.17, 15) is 4.79 Å². The summed E-state index contributed by atoms with van der Waals surface area (Å²) < 4.78 is 16.9. The van der Waals surface area contributed by atoms with Crippen LogP contribution in [0.5, 0.6) is 5.75 Å². The second kappa shape index (κ2) is 10.4. The first-order valence-corrected chi connectivity index (χ1v) is 9.63. The molecule has 0 atom stereocenters. The van der Waals surface area contributed by atoms with Crippen LogP contribution in [-0.4, -0.2) is 42.0 Å². The third-order valence-corrected chi connectivity index (χ3v) is 4.02. The first kappa shape index (κ1) is 20.5. The number of hydrogen-bond acceptors (Lipinski definition) is 6. The van der Waals surface area contributed by atoms with Gasteiger partial charge in [0.15, 0.2) is 6.61 Å². The summed E-state index contributed by atoms with van der Waals surface area (Å²) in [5.74, 6) is 1.08. The summed E-state index contributed by atoms with van der Waals surface area (Å²) in [4.78, 5) is 12.0. The van der Waals surface area contributed by atoms with Crippen LogP contribution in [0.3, 0.4) is 0 Å². The Bertz CT molecular complexity index is 909. The summed E-state index contributed by atoms with van der Waals surface area (Å²) >= 11 is 0. The summed E-state index contributed by atoms with van der Waals surface area (Å²) in [6.07, 6.45) is 0.947. The van der Waals surface area contributed by atoms with Crippen LogP contribution in [0.25, 0.3) is 22.9 Å². The number of amides is 1. The summed E-state index contributed by atoms with van der Waals surface area (Å²) in [6, 6.07) is 16.8. The summed E-state index contributed by atoms with van der Waals surface area (Å²) in [5, 5.41) is 11.0. The van der Waals surface area contributed by atoms with Crippen LogP contribution >= 0.6 is 0 Å². The Kier molecular flexibility index (Phi) is 7.35. The highest BCUT2D eigenvalue weighted by molar-refractivity contribution is 5.77. The lowest BCUT2D eigenvalue weighted by molar-refractivity contribution is -0.123. The van der Waals surface area contributed by atoms with Gasteiger partial charge in [-0.15, -0.1) is 10.2 Å². The van der Waals surface area contributed by atoms with Crippen molar-refractivity contribution >= 4 is 5.91 Å². The molecule has 0 radical (unpaired) electrons. The lowest BCUT2D eigenvalue weighted by Crippen LogP contribution is -2.30. The van der Waals surface area contributed by atoms with Gasteiger partial charge in [0.05, 0.1) is 11.7 Å². The fourth-order valence-electron chi connectivity index (χ4n) is 2.61. The second-order valence-electron chi connectivity index (χ2n) is 6.69. The van der Waals surface area contributed by atoms with Crippen molar-refractivity contribution in [3.8, 4) is 28.7 Å².